The second kappa shape index (κ2) is 4.88. The molecule has 0 aromatic heterocycles. The summed E-state index contributed by atoms with van der Waals surface area (Å²) in [6.07, 6.45) is 0.942. The Bertz CT molecular complexity index is 533. The summed E-state index contributed by atoms with van der Waals surface area (Å²) in [6, 6.07) is 21.4. The van der Waals surface area contributed by atoms with E-state index in [0.29, 0.717) is 0 Å². The SMILES string of the molecule is CN=C1CC(c2ccccc2)(c2ccccc2)CN1. The van der Waals surface area contributed by atoms with Crippen molar-refractivity contribution in [1.29, 1.82) is 0 Å². The quantitative estimate of drug-likeness (QED) is 0.870. The Balaban J connectivity index is 2.13. The molecule has 96 valence electrons. The normalized spacial score (nSPS) is 19.3. The maximum absolute atomic E-state index is 4.34. The fraction of sp³-hybridized carbons (Fsp3) is 0.235. The second-order valence-corrected chi connectivity index (χ2v) is 5.01. The van der Waals surface area contributed by atoms with Crippen LogP contribution in [0.1, 0.15) is 17.5 Å². The van der Waals surface area contributed by atoms with Gasteiger partial charge in [-0.25, -0.2) is 0 Å². The van der Waals surface area contributed by atoms with E-state index in [1.165, 1.54) is 11.1 Å². The van der Waals surface area contributed by atoms with Crippen molar-refractivity contribution < 1.29 is 0 Å². The first-order valence-electron chi connectivity index (χ1n) is 6.66. The van der Waals surface area contributed by atoms with E-state index in [9.17, 15) is 0 Å². The first kappa shape index (κ1) is 12.0. The molecule has 2 nitrogen and oxygen atoms in total. The summed E-state index contributed by atoms with van der Waals surface area (Å²) in [5.41, 5.74) is 2.72. The topological polar surface area (TPSA) is 24.4 Å². The molecule has 0 amide bonds. The number of benzene rings is 2. The van der Waals surface area contributed by atoms with Crippen molar-refractivity contribution in [1.82, 2.24) is 5.32 Å². The first-order chi connectivity index (χ1) is 9.35. The third-order valence-corrected chi connectivity index (χ3v) is 3.99. The van der Waals surface area contributed by atoms with Crippen molar-refractivity contribution >= 4 is 5.84 Å². The third-order valence-electron chi connectivity index (χ3n) is 3.99. The molecule has 0 aliphatic carbocycles. The Morgan fingerprint density at radius 1 is 0.895 bits per heavy atom. The average molecular weight is 250 g/mol. The molecule has 3 rings (SSSR count). The molecule has 1 aliphatic heterocycles. The number of nitrogens with zero attached hydrogens (tertiary/aromatic N) is 1. The zero-order valence-electron chi connectivity index (χ0n) is 11.1. The van der Waals surface area contributed by atoms with Crippen LogP contribution in [0.25, 0.3) is 0 Å². The van der Waals surface area contributed by atoms with Crippen molar-refractivity contribution in [2.75, 3.05) is 13.6 Å². The summed E-state index contributed by atoms with van der Waals surface area (Å²) in [5, 5.41) is 3.44. The van der Waals surface area contributed by atoms with Crippen molar-refractivity contribution in [3.8, 4) is 0 Å². The molecule has 1 N–H and O–H groups in total. The van der Waals surface area contributed by atoms with E-state index in [1.807, 2.05) is 7.05 Å². The number of amidine groups is 1. The lowest BCUT2D eigenvalue weighted by Gasteiger charge is -2.28. The van der Waals surface area contributed by atoms with E-state index >= 15 is 0 Å². The van der Waals surface area contributed by atoms with E-state index in [-0.39, 0.29) is 5.41 Å². The zero-order valence-corrected chi connectivity index (χ0v) is 11.1. The Morgan fingerprint density at radius 3 is 1.84 bits per heavy atom. The molecule has 1 aliphatic rings. The van der Waals surface area contributed by atoms with Crippen molar-refractivity contribution in [2.24, 2.45) is 4.99 Å². The van der Waals surface area contributed by atoms with Crippen LogP contribution in [-0.2, 0) is 5.41 Å². The lowest BCUT2D eigenvalue weighted by molar-refractivity contribution is 0.576. The van der Waals surface area contributed by atoms with Gasteiger partial charge < -0.3 is 5.32 Å². The van der Waals surface area contributed by atoms with Crippen LogP contribution in [0.5, 0.6) is 0 Å². The number of hydrogen-bond acceptors (Lipinski definition) is 1. The minimum absolute atomic E-state index is 0.0113. The largest absolute Gasteiger partial charge is 0.373 e. The monoisotopic (exact) mass is 250 g/mol. The predicted octanol–water partition coefficient (Wildman–Crippen LogP) is 2.99. The molecule has 1 heterocycles. The lowest BCUT2D eigenvalue weighted by atomic mass is 9.74. The molecule has 1 fully saturated rings. The van der Waals surface area contributed by atoms with Gasteiger partial charge in [0.1, 0.15) is 0 Å². The van der Waals surface area contributed by atoms with Gasteiger partial charge in [0.25, 0.3) is 0 Å². The Labute approximate surface area is 114 Å². The summed E-state index contributed by atoms with van der Waals surface area (Å²) in [6.45, 7) is 0.910. The molecule has 0 atom stereocenters. The Morgan fingerprint density at radius 2 is 1.42 bits per heavy atom. The second-order valence-electron chi connectivity index (χ2n) is 5.01. The van der Waals surface area contributed by atoms with Crippen LogP contribution in [0.15, 0.2) is 65.7 Å². The first-order valence-corrected chi connectivity index (χ1v) is 6.66. The number of hydrogen-bond donors (Lipinski definition) is 1. The van der Waals surface area contributed by atoms with Gasteiger partial charge in [0.05, 0.1) is 5.84 Å². The molecule has 0 saturated carbocycles. The van der Waals surface area contributed by atoms with E-state index in [2.05, 4.69) is 71.0 Å². The van der Waals surface area contributed by atoms with E-state index in [0.717, 1.165) is 18.8 Å². The number of nitrogens with one attached hydrogen (secondary N) is 1. The van der Waals surface area contributed by atoms with Gasteiger partial charge >= 0.3 is 0 Å². The molecule has 1 saturated heterocycles. The van der Waals surface area contributed by atoms with Gasteiger partial charge in [0.2, 0.25) is 0 Å². The molecule has 0 spiro atoms. The fourth-order valence-electron chi connectivity index (χ4n) is 2.91. The van der Waals surface area contributed by atoms with Gasteiger partial charge in [-0.3, -0.25) is 4.99 Å². The highest BCUT2D eigenvalue weighted by molar-refractivity contribution is 5.87. The lowest BCUT2D eigenvalue weighted by Crippen LogP contribution is -2.30. The van der Waals surface area contributed by atoms with Crippen LogP contribution in [-0.4, -0.2) is 19.4 Å². The van der Waals surface area contributed by atoms with E-state index in [4.69, 9.17) is 0 Å². The van der Waals surface area contributed by atoms with Crippen LogP contribution in [0.4, 0.5) is 0 Å². The van der Waals surface area contributed by atoms with E-state index in [1.54, 1.807) is 0 Å². The van der Waals surface area contributed by atoms with Gasteiger partial charge in [-0.15, -0.1) is 0 Å². The molecule has 2 aromatic carbocycles. The summed E-state index contributed by atoms with van der Waals surface area (Å²) < 4.78 is 0. The van der Waals surface area contributed by atoms with Crippen LogP contribution in [0.3, 0.4) is 0 Å². The molecule has 0 bridgehead atoms. The van der Waals surface area contributed by atoms with Crippen LogP contribution in [0.2, 0.25) is 0 Å². The molecule has 2 aromatic rings. The minimum Gasteiger partial charge on any atom is -0.373 e. The van der Waals surface area contributed by atoms with Crippen molar-refractivity contribution in [2.45, 2.75) is 11.8 Å². The minimum atomic E-state index is 0.0113. The summed E-state index contributed by atoms with van der Waals surface area (Å²) in [4.78, 5) is 4.34. The average Bonchev–Trinajstić information content (AvgIpc) is 2.95. The van der Waals surface area contributed by atoms with Crippen molar-refractivity contribution in [3.63, 3.8) is 0 Å². The highest BCUT2D eigenvalue weighted by Crippen LogP contribution is 2.38. The molecule has 0 unspecified atom stereocenters. The summed E-state index contributed by atoms with van der Waals surface area (Å²) >= 11 is 0. The van der Waals surface area contributed by atoms with Crippen molar-refractivity contribution in [3.05, 3.63) is 71.8 Å². The maximum Gasteiger partial charge on any atom is 0.0973 e. The number of rotatable bonds is 2. The molecule has 0 radical (unpaired) electrons. The van der Waals surface area contributed by atoms with Gasteiger partial charge in [0, 0.05) is 25.4 Å². The smallest absolute Gasteiger partial charge is 0.0973 e. The summed E-state index contributed by atoms with van der Waals surface area (Å²) in [7, 11) is 1.86. The van der Waals surface area contributed by atoms with Gasteiger partial charge in [-0.1, -0.05) is 60.7 Å². The van der Waals surface area contributed by atoms with Crippen LogP contribution < -0.4 is 5.32 Å². The van der Waals surface area contributed by atoms with Gasteiger partial charge in [0.15, 0.2) is 0 Å². The predicted molar refractivity (Wildman–Crippen MR) is 79.6 cm³/mol. The molecular weight excluding hydrogens is 232 g/mol. The number of aliphatic imine (C=N–C) groups is 1. The van der Waals surface area contributed by atoms with Crippen LogP contribution >= 0.6 is 0 Å². The molecule has 19 heavy (non-hydrogen) atoms. The highest BCUT2D eigenvalue weighted by atomic mass is 15.0. The maximum atomic E-state index is 4.34. The van der Waals surface area contributed by atoms with E-state index < -0.39 is 0 Å². The van der Waals surface area contributed by atoms with Crippen LogP contribution in [0, 0.1) is 0 Å². The zero-order chi connectivity index (χ0) is 13.1. The Kier molecular flexibility index (Phi) is 3.08. The molecule has 2 heteroatoms. The Hall–Kier alpha value is -2.09. The fourth-order valence-corrected chi connectivity index (χ4v) is 2.91. The standard InChI is InChI=1S/C17H18N2/c1-18-16-12-17(13-19-16,14-8-4-2-5-9-14)15-10-6-3-7-11-15/h2-11H,12-13H2,1H3,(H,18,19). The van der Waals surface area contributed by atoms with Gasteiger partial charge in [-0.05, 0) is 11.1 Å². The molecular formula is C17H18N2. The summed E-state index contributed by atoms with van der Waals surface area (Å²) in [5.74, 6) is 1.09. The van der Waals surface area contributed by atoms with Gasteiger partial charge in [-0.2, -0.15) is 0 Å². The third kappa shape index (κ3) is 2.03. The highest BCUT2D eigenvalue weighted by Gasteiger charge is 2.40.